The Morgan fingerprint density at radius 2 is 2.04 bits per heavy atom. The number of halogens is 1. The molecule has 8 nitrogen and oxygen atoms in total. The van der Waals surface area contributed by atoms with E-state index in [9.17, 15) is 14.4 Å². The molecule has 3 rings (SSSR count). The highest BCUT2D eigenvalue weighted by Crippen LogP contribution is 2.41. The third-order valence-corrected chi connectivity index (χ3v) is 4.05. The first-order valence-corrected chi connectivity index (χ1v) is 7.77. The van der Waals surface area contributed by atoms with Crippen LogP contribution in [-0.4, -0.2) is 22.5 Å². The number of esters is 1. The van der Waals surface area contributed by atoms with E-state index in [1.165, 1.54) is 0 Å². The fraction of sp³-hybridized carbons (Fsp3) is 0.188. The van der Waals surface area contributed by atoms with Gasteiger partial charge in [-0.2, -0.15) is 0 Å². The Hall–Kier alpha value is -3.00. The Bertz CT molecular complexity index is 992. The first-order valence-electron chi connectivity index (χ1n) is 7.39. The van der Waals surface area contributed by atoms with Gasteiger partial charge in [0.05, 0.1) is 18.1 Å². The molecule has 0 amide bonds. The van der Waals surface area contributed by atoms with Crippen LogP contribution in [0.1, 0.15) is 24.0 Å². The predicted molar refractivity (Wildman–Crippen MR) is 89.5 cm³/mol. The number of carbonyl (C=O) groups excluding carboxylic acids is 1. The number of hydrogen-bond donors (Lipinski definition) is 3. The molecule has 0 fully saturated rings. The van der Waals surface area contributed by atoms with Crippen molar-refractivity contribution in [2.24, 2.45) is 5.73 Å². The molecule has 0 radical (unpaired) electrons. The van der Waals surface area contributed by atoms with Crippen LogP contribution in [0.3, 0.4) is 0 Å². The lowest BCUT2D eigenvalue weighted by atomic mass is 9.84. The summed E-state index contributed by atoms with van der Waals surface area (Å²) in [5, 5.41) is 0.320. The molecule has 0 aliphatic carbocycles. The topological polar surface area (TPSA) is 127 Å². The average molecular weight is 364 g/mol. The van der Waals surface area contributed by atoms with Crippen LogP contribution < -0.4 is 21.7 Å². The van der Waals surface area contributed by atoms with Crippen LogP contribution >= 0.6 is 11.6 Å². The first kappa shape index (κ1) is 16.8. The summed E-state index contributed by atoms with van der Waals surface area (Å²) < 4.78 is 10.3. The minimum Gasteiger partial charge on any atom is -0.462 e. The molecule has 0 bridgehead atoms. The van der Waals surface area contributed by atoms with E-state index in [1.54, 1.807) is 31.2 Å². The standard InChI is InChI=1S/C16H14ClN3O5/c1-2-24-15(22)10-9(7-5-3-4-6-8(7)17)11-13(21)19-16(23)20-14(11)25-12(10)18/h3-6,9H,2,18H2,1H3,(H2,19,20,21,23)/t9-/m1/s1. The fourth-order valence-corrected chi connectivity index (χ4v) is 2.96. The van der Waals surface area contributed by atoms with Gasteiger partial charge in [0.25, 0.3) is 5.56 Å². The van der Waals surface area contributed by atoms with E-state index in [1.807, 2.05) is 0 Å². The number of hydrogen-bond acceptors (Lipinski definition) is 6. The summed E-state index contributed by atoms with van der Waals surface area (Å²) in [6.45, 7) is 1.75. The molecule has 1 aliphatic rings. The number of aromatic nitrogens is 2. The highest BCUT2D eigenvalue weighted by Gasteiger charge is 2.39. The first-order chi connectivity index (χ1) is 11.9. The van der Waals surface area contributed by atoms with Crippen molar-refractivity contribution in [3.05, 3.63) is 72.7 Å². The monoisotopic (exact) mass is 363 g/mol. The van der Waals surface area contributed by atoms with Crippen molar-refractivity contribution >= 4 is 17.6 Å². The van der Waals surface area contributed by atoms with Crippen molar-refractivity contribution in [1.29, 1.82) is 0 Å². The highest BCUT2D eigenvalue weighted by molar-refractivity contribution is 6.31. The third-order valence-electron chi connectivity index (χ3n) is 3.71. The number of carbonyl (C=O) groups is 1. The van der Waals surface area contributed by atoms with E-state index in [2.05, 4.69) is 9.97 Å². The molecule has 0 unspecified atom stereocenters. The third kappa shape index (κ3) is 2.91. The van der Waals surface area contributed by atoms with Crippen LogP contribution in [-0.2, 0) is 9.53 Å². The van der Waals surface area contributed by atoms with E-state index >= 15 is 0 Å². The second kappa shape index (κ2) is 6.48. The zero-order valence-corrected chi connectivity index (χ0v) is 13.8. The van der Waals surface area contributed by atoms with Gasteiger partial charge in [-0.15, -0.1) is 0 Å². The zero-order valence-electron chi connectivity index (χ0n) is 13.1. The molecular formula is C16H14ClN3O5. The van der Waals surface area contributed by atoms with Gasteiger partial charge in [0, 0.05) is 5.02 Å². The number of H-pyrrole nitrogens is 2. The van der Waals surface area contributed by atoms with Gasteiger partial charge in [-0.1, -0.05) is 29.8 Å². The molecule has 1 atom stereocenters. The van der Waals surface area contributed by atoms with Gasteiger partial charge in [0.1, 0.15) is 5.57 Å². The van der Waals surface area contributed by atoms with Gasteiger partial charge in [0.2, 0.25) is 11.8 Å². The number of nitrogens with one attached hydrogen (secondary N) is 2. The van der Waals surface area contributed by atoms with Crippen LogP contribution in [0.15, 0.2) is 45.3 Å². The van der Waals surface area contributed by atoms with Crippen molar-refractivity contribution in [3.8, 4) is 5.88 Å². The smallest absolute Gasteiger partial charge is 0.340 e. The quantitative estimate of drug-likeness (QED) is 0.697. The van der Waals surface area contributed by atoms with Crippen molar-refractivity contribution < 1.29 is 14.3 Å². The molecule has 130 valence electrons. The summed E-state index contributed by atoms with van der Waals surface area (Å²) in [6, 6.07) is 6.68. The van der Waals surface area contributed by atoms with Gasteiger partial charge in [0.15, 0.2) is 0 Å². The lowest BCUT2D eigenvalue weighted by molar-refractivity contribution is -0.139. The summed E-state index contributed by atoms with van der Waals surface area (Å²) in [6.07, 6.45) is 0. The lowest BCUT2D eigenvalue weighted by Gasteiger charge is -2.27. The minimum atomic E-state index is -0.947. The van der Waals surface area contributed by atoms with Gasteiger partial charge < -0.3 is 15.2 Å². The summed E-state index contributed by atoms with van der Waals surface area (Å²) in [5.74, 6) is -2.08. The number of rotatable bonds is 3. The average Bonchev–Trinajstić information content (AvgIpc) is 2.53. The second-order valence-corrected chi connectivity index (χ2v) is 5.61. The van der Waals surface area contributed by atoms with Gasteiger partial charge in [-0.25, -0.2) is 9.59 Å². The molecule has 1 aromatic carbocycles. The summed E-state index contributed by atoms with van der Waals surface area (Å²) in [5.41, 5.74) is 4.84. The maximum absolute atomic E-state index is 12.4. The molecule has 2 aromatic rings. The van der Waals surface area contributed by atoms with Crippen LogP contribution in [0, 0.1) is 0 Å². The normalized spacial score (nSPS) is 16.2. The summed E-state index contributed by atoms with van der Waals surface area (Å²) >= 11 is 6.26. The Morgan fingerprint density at radius 1 is 1.32 bits per heavy atom. The molecule has 0 spiro atoms. The van der Waals surface area contributed by atoms with Crippen molar-refractivity contribution in [2.75, 3.05) is 6.61 Å². The second-order valence-electron chi connectivity index (χ2n) is 5.21. The van der Waals surface area contributed by atoms with Crippen molar-refractivity contribution in [1.82, 2.24) is 9.97 Å². The van der Waals surface area contributed by atoms with E-state index in [0.29, 0.717) is 10.6 Å². The highest BCUT2D eigenvalue weighted by atomic mass is 35.5. The number of aromatic amines is 2. The van der Waals surface area contributed by atoms with Crippen LogP contribution in [0.5, 0.6) is 5.88 Å². The van der Waals surface area contributed by atoms with Crippen LogP contribution in [0.4, 0.5) is 0 Å². The number of benzene rings is 1. The van der Waals surface area contributed by atoms with E-state index < -0.39 is 23.1 Å². The number of nitrogens with two attached hydrogens (primary N) is 1. The Balaban J connectivity index is 2.32. The molecule has 4 N–H and O–H groups in total. The maximum Gasteiger partial charge on any atom is 0.340 e. The Morgan fingerprint density at radius 3 is 2.72 bits per heavy atom. The Labute approximate surface area is 146 Å². The van der Waals surface area contributed by atoms with Crippen molar-refractivity contribution in [2.45, 2.75) is 12.8 Å². The summed E-state index contributed by atoms with van der Waals surface area (Å²) in [7, 11) is 0. The molecule has 0 saturated heterocycles. The predicted octanol–water partition coefficient (Wildman–Crippen LogP) is 0.974. The SMILES string of the molecule is CCOC(=O)C1=C(N)Oc2[nH]c(=O)[nH]c(=O)c2[C@@H]1c1ccccc1Cl. The molecular weight excluding hydrogens is 350 g/mol. The van der Waals surface area contributed by atoms with Crippen molar-refractivity contribution in [3.63, 3.8) is 0 Å². The Kier molecular flexibility index (Phi) is 4.37. The van der Waals surface area contributed by atoms with E-state index in [0.717, 1.165) is 0 Å². The maximum atomic E-state index is 12.4. The molecule has 1 aromatic heterocycles. The van der Waals surface area contributed by atoms with Gasteiger partial charge in [-0.3, -0.25) is 14.8 Å². The molecule has 25 heavy (non-hydrogen) atoms. The van der Waals surface area contributed by atoms with E-state index in [-0.39, 0.29) is 29.5 Å². The largest absolute Gasteiger partial charge is 0.462 e. The van der Waals surface area contributed by atoms with Crippen LogP contribution in [0.2, 0.25) is 5.02 Å². The number of ether oxygens (including phenoxy) is 2. The molecule has 2 heterocycles. The lowest BCUT2D eigenvalue weighted by Crippen LogP contribution is -2.35. The van der Waals surface area contributed by atoms with Gasteiger partial charge >= 0.3 is 11.7 Å². The van der Waals surface area contributed by atoms with Crippen LogP contribution in [0.25, 0.3) is 0 Å². The zero-order chi connectivity index (χ0) is 18.1. The molecule has 0 saturated carbocycles. The molecule has 9 heteroatoms. The van der Waals surface area contributed by atoms with E-state index in [4.69, 9.17) is 26.8 Å². The summed E-state index contributed by atoms with van der Waals surface area (Å²) in [4.78, 5) is 40.8. The fourth-order valence-electron chi connectivity index (χ4n) is 2.72. The number of fused-ring (bicyclic) bond motifs is 1. The minimum absolute atomic E-state index is 0.0185. The molecule has 1 aliphatic heterocycles. The van der Waals surface area contributed by atoms with Gasteiger partial charge in [-0.05, 0) is 18.6 Å².